The number of H-pyrrole nitrogens is 1. The maximum Gasteiger partial charge on any atom is 0.499 e. The summed E-state index contributed by atoms with van der Waals surface area (Å²) in [6.07, 6.45) is 7.04. The molecule has 3 N–H and O–H groups in total. The number of aromatic amines is 1. The lowest BCUT2D eigenvalue weighted by Gasteiger charge is -2.24. The number of ether oxygens (including phenoxy) is 4. The van der Waals surface area contributed by atoms with Gasteiger partial charge in [0, 0.05) is 12.5 Å². The molecule has 1 aromatic rings. The van der Waals surface area contributed by atoms with Crippen molar-refractivity contribution in [2.75, 3.05) is 25.9 Å². The van der Waals surface area contributed by atoms with Crippen molar-refractivity contribution in [3.05, 3.63) is 22.7 Å². The summed E-state index contributed by atoms with van der Waals surface area (Å²) in [6.45, 7) is 10.1. The van der Waals surface area contributed by atoms with Crippen molar-refractivity contribution in [1.82, 2.24) is 4.98 Å². The predicted molar refractivity (Wildman–Crippen MR) is 202 cm³/mol. The summed E-state index contributed by atoms with van der Waals surface area (Å²) in [5, 5.41) is 0. The first-order valence-corrected chi connectivity index (χ1v) is 21.1. The fraction of sp³-hybridized carbons (Fsp3) is 0.816. The summed E-state index contributed by atoms with van der Waals surface area (Å²) >= 11 is 0. The molecule has 0 spiro atoms. The molecule has 1 aliphatic rings. The van der Waals surface area contributed by atoms with Gasteiger partial charge in [-0.05, 0) is 17.3 Å². The Balaban J connectivity index is 2.13. The van der Waals surface area contributed by atoms with Crippen molar-refractivity contribution in [3.8, 4) is 0 Å². The number of anilines is 1. The van der Waals surface area contributed by atoms with Crippen LogP contribution in [0.3, 0.4) is 0 Å². The Morgan fingerprint density at radius 1 is 0.821 bits per heavy atom. The molecule has 322 valence electrons. The van der Waals surface area contributed by atoms with Gasteiger partial charge in [0.2, 0.25) is 19.7 Å². The highest BCUT2D eigenvalue weighted by Gasteiger charge is 2.65. The van der Waals surface area contributed by atoms with Crippen molar-refractivity contribution in [1.29, 1.82) is 0 Å². The number of esters is 3. The molecule has 0 saturated carbocycles. The fourth-order valence-electron chi connectivity index (χ4n) is 5.76. The minimum Gasteiger partial charge on any atom is -0.453 e. The van der Waals surface area contributed by atoms with Gasteiger partial charge in [0.25, 0.3) is 6.23 Å². The molecule has 3 atom stereocenters. The monoisotopic (exact) mass is 824 g/mol. The predicted octanol–water partition coefficient (Wildman–Crippen LogP) is 7.81. The molecular weight excluding hydrogens is 759 g/mol. The summed E-state index contributed by atoms with van der Waals surface area (Å²) in [5.74, 6) is -6.44. The third-order valence-corrected chi connectivity index (χ3v) is 9.91. The van der Waals surface area contributed by atoms with Gasteiger partial charge in [-0.3, -0.25) is 18.9 Å². The largest absolute Gasteiger partial charge is 0.499 e. The molecule has 2 heterocycles. The number of rotatable bonds is 26. The summed E-state index contributed by atoms with van der Waals surface area (Å²) in [7, 11) is -4.85. The van der Waals surface area contributed by atoms with Gasteiger partial charge in [-0.15, -0.1) is 0 Å². The van der Waals surface area contributed by atoms with Gasteiger partial charge < -0.3 is 24.7 Å². The molecule has 0 aliphatic carbocycles. The number of carbonyl (C=O) groups excluding carboxylic acids is 3. The Kier molecular flexibility index (Phi) is 20.6. The van der Waals surface area contributed by atoms with E-state index in [4.69, 9.17) is 38.3 Å². The average Bonchev–Trinajstić information content (AvgIpc) is 3.31. The second kappa shape index (κ2) is 23.4. The zero-order chi connectivity index (χ0) is 42.0. The molecule has 1 fully saturated rings. The number of halogens is 2. The summed E-state index contributed by atoms with van der Waals surface area (Å²) in [5.41, 5.74) is 3.67. The third kappa shape index (κ3) is 19.0. The molecule has 0 aromatic carbocycles. The van der Waals surface area contributed by atoms with Gasteiger partial charge in [-0.25, -0.2) is 13.6 Å². The van der Waals surface area contributed by atoms with Crippen LogP contribution in [0.5, 0.6) is 0 Å². The van der Waals surface area contributed by atoms with E-state index in [1.54, 1.807) is 41.5 Å². The van der Waals surface area contributed by atoms with Gasteiger partial charge >= 0.3 is 37.3 Å². The molecule has 1 saturated heterocycles. The maximum absolute atomic E-state index is 16.1. The lowest BCUT2D eigenvalue weighted by atomic mass is 9.92. The van der Waals surface area contributed by atoms with Crippen molar-refractivity contribution >= 4 is 31.5 Å². The molecule has 1 aliphatic heterocycles. The molecule has 56 heavy (non-hydrogen) atoms. The van der Waals surface area contributed by atoms with Gasteiger partial charge in [0.05, 0.1) is 19.4 Å². The van der Waals surface area contributed by atoms with E-state index in [1.165, 1.54) is 38.5 Å². The lowest BCUT2D eigenvalue weighted by Crippen LogP contribution is -2.60. The van der Waals surface area contributed by atoms with E-state index in [2.05, 4.69) is 11.9 Å². The molecule has 0 bridgehead atoms. The second-order valence-electron chi connectivity index (χ2n) is 16.6. The van der Waals surface area contributed by atoms with E-state index in [0.717, 1.165) is 37.9 Å². The Labute approximate surface area is 329 Å². The first-order chi connectivity index (χ1) is 26.2. The van der Waals surface area contributed by atoms with Gasteiger partial charge in [-0.2, -0.15) is 23.1 Å². The number of aromatic nitrogens is 2. The van der Waals surface area contributed by atoms with E-state index in [0.29, 0.717) is 17.4 Å². The van der Waals surface area contributed by atoms with Crippen LogP contribution in [0, 0.1) is 10.8 Å². The van der Waals surface area contributed by atoms with E-state index in [-0.39, 0.29) is 25.1 Å². The van der Waals surface area contributed by atoms with Crippen LogP contribution in [0.15, 0.2) is 17.1 Å². The smallest absolute Gasteiger partial charge is 0.453 e. The average molecular weight is 825 g/mol. The van der Waals surface area contributed by atoms with Crippen molar-refractivity contribution in [2.24, 2.45) is 10.8 Å². The number of unbranched alkanes of at least 4 members (excludes halogenated alkanes) is 11. The number of phosphoric acid groups is 1. The van der Waals surface area contributed by atoms with Crippen LogP contribution in [-0.2, 0) is 51.5 Å². The molecule has 18 heteroatoms. The highest BCUT2D eigenvalue weighted by atomic mass is 31.2. The Morgan fingerprint density at radius 2 is 1.30 bits per heavy atom. The zero-order valence-corrected chi connectivity index (χ0v) is 35.1. The highest BCUT2D eigenvalue weighted by molar-refractivity contribution is 7.48. The van der Waals surface area contributed by atoms with Crippen LogP contribution >= 0.6 is 7.82 Å². The Bertz CT molecular complexity index is 1440. The molecular formula is C38H65F2N3O12P+. The Hall–Kier alpha value is -2.98. The lowest BCUT2D eigenvalue weighted by molar-refractivity contribution is -0.789. The van der Waals surface area contributed by atoms with Crippen molar-refractivity contribution in [3.63, 3.8) is 0 Å². The van der Waals surface area contributed by atoms with Crippen LogP contribution in [0.1, 0.15) is 151 Å². The molecule has 15 nitrogen and oxygen atoms in total. The topological polar surface area (TPSA) is 196 Å². The van der Waals surface area contributed by atoms with E-state index in [9.17, 15) is 23.7 Å². The quantitative estimate of drug-likeness (QED) is 0.0229. The number of alkyl halides is 2. The number of nitrogens with two attached hydrogens (primary N) is 1. The van der Waals surface area contributed by atoms with E-state index >= 15 is 8.78 Å². The van der Waals surface area contributed by atoms with Crippen LogP contribution in [0.4, 0.5) is 14.6 Å². The first kappa shape index (κ1) is 49.2. The van der Waals surface area contributed by atoms with Crippen LogP contribution in [0.25, 0.3) is 0 Å². The molecule has 0 amide bonds. The zero-order valence-electron chi connectivity index (χ0n) is 34.2. The van der Waals surface area contributed by atoms with Gasteiger partial charge in [0.1, 0.15) is 12.3 Å². The summed E-state index contributed by atoms with van der Waals surface area (Å²) in [4.78, 5) is 52.3. The molecule has 2 rings (SSSR count). The molecule has 3 unspecified atom stereocenters. The van der Waals surface area contributed by atoms with Crippen LogP contribution < -0.4 is 16.0 Å². The highest BCUT2D eigenvalue weighted by Crippen LogP contribution is 2.51. The minimum absolute atomic E-state index is 0.0204. The van der Waals surface area contributed by atoms with Crippen molar-refractivity contribution in [2.45, 2.75) is 169 Å². The molecule has 1 aromatic heterocycles. The first-order valence-electron chi connectivity index (χ1n) is 19.6. The number of hydrogen-bond donors (Lipinski definition) is 2. The number of nitrogen functional groups attached to an aromatic ring is 1. The Morgan fingerprint density at radius 3 is 1.77 bits per heavy atom. The van der Waals surface area contributed by atoms with Gasteiger partial charge in [0.15, 0.2) is 5.82 Å². The van der Waals surface area contributed by atoms with E-state index in [1.807, 2.05) is 0 Å². The van der Waals surface area contributed by atoms with Gasteiger partial charge in [-0.1, -0.05) is 119 Å². The third-order valence-electron chi connectivity index (χ3n) is 8.60. The minimum atomic E-state index is -4.85. The SMILES string of the molecule is CCCCCCCCCCCCCCC(=O)OC1C(COP(=O)(OCOC(=O)CC(C)(C)C)OCOC(=O)CC(C)(C)C)OC([n+]2ccc(N)[nH]c2=O)C1(F)F. The van der Waals surface area contributed by atoms with E-state index < -0.39 is 86.8 Å². The van der Waals surface area contributed by atoms with Crippen LogP contribution in [0.2, 0.25) is 0 Å². The standard InChI is InChI=1S/C38H64F2N3O12P/c1-8-9-10-11-12-13-14-15-16-17-18-19-20-30(44)55-33-28(54-34(38(33,39)40)43-22-21-29(41)42-35(43)47)25-51-56(48,52-26-49-31(45)23-36(2,3)4)53-27-50-32(46)24-37(5,6)7/h21-22,28,33-34H,8-20,23-27H2,1-7H3,(H2,41,42,47)/p+1. The molecule has 0 radical (unpaired) electrons. The number of phosphoric ester groups is 1. The number of hydrogen-bond acceptors (Lipinski definition) is 13. The van der Waals surface area contributed by atoms with Crippen LogP contribution in [-0.4, -0.2) is 61.2 Å². The second-order valence-corrected chi connectivity index (χ2v) is 18.3. The summed E-state index contributed by atoms with van der Waals surface area (Å²) < 4.78 is 82.9. The number of nitrogens with one attached hydrogen (secondary N) is 1. The fourth-order valence-corrected chi connectivity index (χ4v) is 6.68. The number of nitrogens with zero attached hydrogens (tertiary/aromatic N) is 1. The summed E-state index contributed by atoms with van der Waals surface area (Å²) in [6, 6.07) is 1.16. The van der Waals surface area contributed by atoms with Crippen molar-refractivity contribution < 1.29 is 64.8 Å². The maximum atomic E-state index is 16.1. The normalized spacial score (nSPS) is 18.5. The number of carbonyl (C=O) groups is 3.